The Bertz CT molecular complexity index is 808. The third kappa shape index (κ3) is 13.2. The number of aromatic nitrogens is 5. The minimum absolute atomic E-state index is 0.0941. The zero-order valence-electron chi connectivity index (χ0n) is 19.7. The van der Waals surface area contributed by atoms with E-state index in [0.717, 1.165) is 0 Å². The van der Waals surface area contributed by atoms with Gasteiger partial charge < -0.3 is 38.5 Å². The van der Waals surface area contributed by atoms with Crippen molar-refractivity contribution in [3.05, 3.63) is 34.4 Å². The molecule has 0 aromatic carbocycles. The van der Waals surface area contributed by atoms with E-state index in [1.54, 1.807) is 17.1 Å². The van der Waals surface area contributed by atoms with Gasteiger partial charge in [-0.2, -0.15) is 0 Å². The van der Waals surface area contributed by atoms with Crippen LogP contribution in [0.25, 0.3) is 0 Å². The van der Waals surface area contributed by atoms with Gasteiger partial charge in [0.1, 0.15) is 24.8 Å². The highest BCUT2D eigenvalue weighted by Gasteiger charge is 2.13. The van der Waals surface area contributed by atoms with Gasteiger partial charge in [0.15, 0.2) is 0 Å². The van der Waals surface area contributed by atoms with Crippen molar-refractivity contribution in [3.63, 3.8) is 0 Å². The van der Waals surface area contributed by atoms with Gasteiger partial charge >= 0.3 is 5.95 Å². The van der Waals surface area contributed by atoms with Gasteiger partial charge in [0.2, 0.25) is 0 Å². The Kier molecular flexibility index (Phi) is 15.3. The largest absolute Gasteiger partial charge is 0.434 e. The van der Waals surface area contributed by atoms with Crippen LogP contribution in [0, 0.1) is 10.1 Å². The van der Waals surface area contributed by atoms with Gasteiger partial charge in [-0.05, 0) is 4.92 Å². The molecule has 2 aromatic rings. The normalized spacial score (nSPS) is 11.3. The zero-order chi connectivity index (χ0) is 25.0. The number of ether oxygens (including phenoxy) is 6. The average Bonchev–Trinajstić information content (AvgIpc) is 3.51. The second-order valence-electron chi connectivity index (χ2n) is 6.95. The van der Waals surface area contributed by atoms with Crippen molar-refractivity contribution in [2.75, 3.05) is 79.4 Å². The summed E-state index contributed by atoms with van der Waals surface area (Å²) in [6.07, 6.45) is 4.72. The van der Waals surface area contributed by atoms with Gasteiger partial charge in [-0.3, -0.25) is 0 Å². The Labute approximate surface area is 202 Å². The molecule has 0 aliphatic carbocycles. The third-order valence-electron chi connectivity index (χ3n) is 4.34. The molecule has 2 rings (SSSR count). The van der Waals surface area contributed by atoms with E-state index in [1.807, 2.05) is 0 Å². The van der Waals surface area contributed by atoms with E-state index in [2.05, 4.69) is 15.3 Å². The first kappa shape index (κ1) is 28.7. The maximum atomic E-state index is 11.8. The topological polar surface area (TPSA) is 147 Å². The van der Waals surface area contributed by atoms with Gasteiger partial charge in [-0.25, -0.2) is 13.6 Å². The van der Waals surface area contributed by atoms with Crippen molar-refractivity contribution in [1.82, 2.24) is 24.5 Å². The lowest BCUT2D eigenvalue weighted by atomic mass is 10.5. The van der Waals surface area contributed by atoms with Crippen molar-refractivity contribution in [2.24, 2.45) is 0 Å². The highest BCUT2D eigenvalue weighted by molar-refractivity contribution is 5.06. The van der Waals surface area contributed by atoms with E-state index in [1.165, 1.54) is 10.8 Å². The Morgan fingerprint density at radius 1 is 0.829 bits per heavy atom. The summed E-state index contributed by atoms with van der Waals surface area (Å²) >= 11 is 0. The molecule has 0 fully saturated rings. The smallest absolute Gasteiger partial charge is 0.390 e. The minimum atomic E-state index is -0.531. The quantitative estimate of drug-likeness (QED) is 0.120. The number of halogens is 1. The van der Waals surface area contributed by atoms with Crippen molar-refractivity contribution in [2.45, 2.75) is 19.7 Å². The van der Waals surface area contributed by atoms with Crippen LogP contribution in [0.1, 0.15) is 5.69 Å². The number of alkyl halides is 1. The van der Waals surface area contributed by atoms with Gasteiger partial charge in [0.25, 0.3) is 0 Å². The molecule has 0 saturated heterocycles. The lowest BCUT2D eigenvalue weighted by Crippen LogP contribution is -2.14. The molecule has 0 spiro atoms. The molecule has 0 unspecified atom stereocenters. The molecule has 0 aliphatic heterocycles. The van der Waals surface area contributed by atoms with Gasteiger partial charge in [0.05, 0.1) is 98.6 Å². The van der Waals surface area contributed by atoms with Crippen LogP contribution in [0.4, 0.5) is 10.3 Å². The number of nitro groups is 1. The number of hydrogen-bond donors (Lipinski definition) is 0. The monoisotopic (exact) mass is 503 g/mol. The van der Waals surface area contributed by atoms with Crippen LogP contribution in [0.3, 0.4) is 0 Å². The first-order valence-electron chi connectivity index (χ1n) is 11.3. The molecule has 0 atom stereocenters. The highest BCUT2D eigenvalue weighted by atomic mass is 18.2. The second kappa shape index (κ2) is 18.7. The molecular weight excluding hydrogens is 470 g/mol. The molecular formula is C20H33FN6O8. The Morgan fingerprint density at radius 3 is 2.03 bits per heavy atom. The predicted molar refractivity (Wildman–Crippen MR) is 119 cm³/mol. The number of hydrogen-bond acceptors (Lipinski definition) is 11. The number of imidazole rings is 1. The molecule has 0 amide bonds. The molecule has 2 aromatic heterocycles. The molecule has 14 nitrogen and oxygen atoms in total. The van der Waals surface area contributed by atoms with E-state index in [-0.39, 0.29) is 12.6 Å². The van der Waals surface area contributed by atoms with Crippen LogP contribution in [0.15, 0.2) is 18.6 Å². The highest BCUT2D eigenvalue weighted by Crippen LogP contribution is 2.06. The van der Waals surface area contributed by atoms with Crippen LogP contribution in [0.2, 0.25) is 0 Å². The summed E-state index contributed by atoms with van der Waals surface area (Å²) < 4.78 is 47.0. The maximum Gasteiger partial charge on any atom is 0.434 e. The van der Waals surface area contributed by atoms with E-state index >= 15 is 0 Å². The molecule has 2 heterocycles. The molecule has 198 valence electrons. The van der Waals surface area contributed by atoms with Crippen molar-refractivity contribution < 1.29 is 37.7 Å². The predicted octanol–water partition coefficient (Wildman–Crippen LogP) is 0.652. The second-order valence-corrected chi connectivity index (χ2v) is 6.95. The Morgan fingerprint density at radius 2 is 1.40 bits per heavy atom. The molecule has 0 saturated carbocycles. The van der Waals surface area contributed by atoms with E-state index in [9.17, 15) is 14.5 Å². The summed E-state index contributed by atoms with van der Waals surface area (Å²) in [5, 5.41) is 18.8. The summed E-state index contributed by atoms with van der Waals surface area (Å²) in [5.41, 5.74) is 0.710. The number of rotatable bonds is 23. The van der Waals surface area contributed by atoms with E-state index in [0.29, 0.717) is 91.5 Å². The van der Waals surface area contributed by atoms with Crippen molar-refractivity contribution in [1.29, 1.82) is 0 Å². The molecule has 0 aliphatic rings. The average molecular weight is 504 g/mol. The summed E-state index contributed by atoms with van der Waals surface area (Å²) in [6.45, 7) is 4.88. The van der Waals surface area contributed by atoms with Crippen LogP contribution < -0.4 is 0 Å². The molecule has 15 heteroatoms. The van der Waals surface area contributed by atoms with Crippen molar-refractivity contribution in [3.8, 4) is 0 Å². The standard InChI is InChI=1S/C20H33FN6O8/c21-1-6-30-9-12-34-15-16-35-18-19-17-26(24-23-19)5-8-32-11-14-33-13-10-31-7-4-25-3-2-22-20(25)27(28)29/h2-3,17H,1,4-16,18H2/i21-1. The lowest BCUT2D eigenvalue weighted by Gasteiger charge is -2.07. The molecule has 35 heavy (non-hydrogen) atoms. The lowest BCUT2D eigenvalue weighted by molar-refractivity contribution is -0.396. The Hall–Kier alpha value is -2.56. The molecule has 0 radical (unpaired) electrons. The van der Waals surface area contributed by atoms with E-state index in [4.69, 9.17) is 28.4 Å². The SMILES string of the molecule is O=[N+]([O-])c1nccn1CCOCCOCCOCCn1cc(COCCOCCOCC[18F])nn1. The summed E-state index contributed by atoms with van der Waals surface area (Å²) in [6, 6.07) is 0. The molecule has 0 bridgehead atoms. The third-order valence-corrected chi connectivity index (χ3v) is 4.34. The zero-order valence-corrected chi connectivity index (χ0v) is 19.7. The van der Waals surface area contributed by atoms with Gasteiger partial charge in [-0.1, -0.05) is 10.2 Å². The number of nitrogens with zero attached hydrogens (tertiary/aromatic N) is 6. The molecule has 0 N–H and O–H groups in total. The van der Waals surface area contributed by atoms with Crippen LogP contribution in [0.5, 0.6) is 0 Å². The van der Waals surface area contributed by atoms with Crippen molar-refractivity contribution >= 4 is 5.95 Å². The first-order valence-corrected chi connectivity index (χ1v) is 11.3. The van der Waals surface area contributed by atoms with Crippen LogP contribution in [-0.4, -0.2) is 109 Å². The van der Waals surface area contributed by atoms with Gasteiger partial charge in [-0.15, -0.1) is 5.10 Å². The summed E-state index contributed by atoms with van der Waals surface area (Å²) in [5.74, 6) is -0.200. The minimum Gasteiger partial charge on any atom is -0.390 e. The first-order chi connectivity index (χ1) is 17.2. The van der Waals surface area contributed by atoms with Crippen LogP contribution in [-0.2, 0) is 48.1 Å². The fraction of sp³-hybridized carbons (Fsp3) is 0.750. The summed E-state index contributed by atoms with van der Waals surface area (Å²) in [4.78, 5) is 13.9. The van der Waals surface area contributed by atoms with Crippen LogP contribution >= 0.6 is 0 Å². The summed E-state index contributed by atoms with van der Waals surface area (Å²) in [7, 11) is 0. The van der Waals surface area contributed by atoms with Gasteiger partial charge in [0, 0.05) is 0 Å². The van der Waals surface area contributed by atoms with E-state index < -0.39 is 11.6 Å². The Balaban J connectivity index is 1.36. The fourth-order valence-corrected chi connectivity index (χ4v) is 2.70. The maximum absolute atomic E-state index is 11.8. The fourth-order valence-electron chi connectivity index (χ4n) is 2.70.